The first-order valence-electron chi connectivity index (χ1n) is 15.1. The van der Waals surface area contributed by atoms with Gasteiger partial charge in [-0.3, -0.25) is 4.98 Å². The Labute approximate surface area is 244 Å². The molecule has 1 heteroatoms. The number of para-hydroxylation sites is 1. The maximum absolute atomic E-state index is 5.07. The summed E-state index contributed by atoms with van der Waals surface area (Å²) >= 11 is 0. The van der Waals surface area contributed by atoms with Crippen LogP contribution >= 0.6 is 0 Å². The van der Waals surface area contributed by atoms with Gasteiger partial charge >= 0.3 is 0 Å². The van der Waals surface area contributed by atoms with Gasteiger partial charge in [-0.2, -0.15) is 0 Å². The molecule has 7 aromatic carbocycles. The van der Waals surface area contributed by atoms with Crippen LogP contribution < -0.4 is 0 Å². The van der Waals surface area contributed by atoms with E-state index < -0.39 is 0 Å². The van der Waals surface area contributed by atoms with Crippen LogP contribution in [0, 0.1) is 0 Å². The predicted molar refractivity (Wildman–Crippen MR) is 177 cm³/mol. The van der Waals surface area contributed by atoms with Crippen molar-refractivity contribution in [3.8, 4) is 22.3 Å². The van der Waals surface area contributed by atoms with Gasteiger partial charge in [0, 0.05) is 22.4 Å². The van der Waals surface area contributed by atoms with Crippen molar-refractivity contribution in [1.82, 2.24) is 4.98 Å². The topological polar surface area (TPSA) is 12.9 Å². The Morgan fingerprint density at radius 1 is 0.357 bits per heavy atom. The van der Waals surface area contributed by atoms with Crippen molar-refractivity contribution in [2.45, 2.75) is 25.7 Å². The van der Waals surface area contributed by atoms with Gasteiger partial charge in [0.25, 0.3) is 0 Å². The molecule has 2 aliphatic rings. The second kappa shape index (κ2) is 8.27. The standard InChI is InChI=1S/C41H27N/c1-2-10-31-30(9-1)39(32-21-19-26-17-15-24-7-5-12-28(32)37(24)26)35-23-42-36-14-4-3-11-34(36)41(35)40(31)33-22-20-27-18-16-25-8-6-13-29(33)38(25)27/h1-14,19-23H,15-18H2. The molecule has 8 aromatic rings. The molecule has 0 aliphatic heterocycles. The van der Waals surface area contributed by atoms with E-state index in [1.54, 1.807) is 0 Å². The number of aromatic nitrogens is 1. The highest BCUT2D eigenvalue weighted by atomic mass is 14.7. The summed E-state index contributed by atoms with van der Waals surface area (Å²) < 4.78 is 0. The number of benzene rings is 7. The number of rotatable bonds is 2. The lowest BCUT2D eigenvalue weighted by Gasteiger charge is -2.21. The van der Waals surface area contributed by atoms with Gasteiger partial charge in [-0.05, 0) is 109 Å². The van der Waals surface area contributed by atoms with Crippen molar-refractivity contribution in [2.75, 3.05) is 0 Å². The Morgan fingerprint density at radius 3 is 1.50 bits per heavy atom. The predicted octanol–water partition coefficient (Wildman–Crippen LogP) is 10.4. The molecule has 0 unspecified atom stereocenters. The third-order valence-electron chi connectivity index (χ3n) is 10.1. The van der Waals surface area contributed by atoms with Crippen LogP contribution in [0.3, 0.4) is 0 Å². The summed E-state index contributed by atoms with van der Waals surface area (Å²) in [6.45, 7) is 0. The molecule has 0 radical (unpaired) electrons. The van der Waals surface area contributed by atoms with E-state index in [1.165, 1.54) is 93.0 Å². The minimum atomic E-state index is 1.04. The molecule has 0 atom stereocenters. The van der Waals surface area contributed by atoms with Crippen LogP contribution in [0.2, 0.25) is 0 Å². The van der Waals surface area contributed by atoms with E-state index in [1.807, 2.05) is 0 Å². The largest absolute Gasteiger partial charge is 0.256 e. The molecule has 1 aromatic heterocycles. The zero-order valence-electron chi connectivity index (χ0n) is 23.2. The lowest BCUT2D eigenvalue weighted by atomic mass is 9.82. The number of hydrogen-bond acceptors (Lipinski definition) is 1. The van der Waals surface area contributed by atoms with Crippen molar-refractivity contribution < 1.29 is 0 Å². The van der Waals surface area contributed by atoms with Gasteiger partial charge in [-0.15, -0.1) is 0 Å². The van der Waals surface area contributed by atoms with E-state index in [0.29, 0.717) is 0 Å². The lowest BCUT2D eigenvalue weighted by Crippen LogP contribution is -1.95. The van der Waals surface area contributed by atoms with Crippen molar-refractivity contribution in [2.24, 2.45) is 0 Å². The van der Waals surface area contributed by atoms with E-state index in [0.717, 1.165) is 31.2 Å². The van der Waals surface area contributed by atoms with Gasteiger partial charge in [0.1, 0.15) is 0 Å². The van der Waals surface area contributed by atoms with Crippen LogP contribution in [0.25, 0.3) is 76.2 Å². The van der Waals surface area contributed by atoms with E-state index in [2.05, 4.69) is 115 Å². The van der Waals surface area contributed by atoms with Gasteiger partial charge in [0.2, 0.25) is 0 Å². The molecule has 0 saturated heterocycles. The van der Waals surface area contributed by atoms with Gasteiger partial charge < -0.3 is 0 Å². The third-order valence-corrected chi connectivity index (χ3v) is 10.1. The van der Waals surface area contributed by atoms with Gasteiger partial charge in [-0.1, -0.05) is 103 Å². The Morgan fingerprint density at radius 2 is 0.857 bits per heavy atom. The maximum Gasteiger partial charge on any atom is 0.0708 e. The molecule has 0 N–H and O–H groups in total. The molecule has 2 aliphatic carbocycles. The number of hydrogen-bond donors (Lipinski definition) is 0. The van der Waals surface area contributed by atoms with Crippen molar-refractivity contribution in [3.05, 3.63) is 138 Å². The summed E-state index contributed by atoms with van der Waals surface area (Å²) in [5, 5.41) is 12.0. The average Bonchev–Trinajstić information content (AvgIpc) is 3.67. The SMILES string of the molecule is c1ccc2c(c1)ncc1c(-c3ccc4c5c(cccc35)CC4)c3ccccc3c(-c3ccc4c5c(cccc35)CC4)c12. The zero-order valence-corrected chi connectivity index (χ0v) is 23.2. The molecule has 0 amide bonds. The van der Waals surface area contributed by atoms with Gasteiger partial charge in [0.05, 0.1) is 5.52 Å². The fourth-order valence-electron chi connectivity index (χ4n) is 8.30. The molecule has 0 fully saturated rings. The zero-order chi connectivity index (χ0) is 27.4. The number of nitrogens with zero attached hydrogens (tertiary/aromatic N) is 1. The highest BCUT2D eigenvalue weighted by Gasteiger charge is 2.24. The smallest absolute Gasteiger partial charge is 0.0708 e. The molecule has 0 saturated carbocycles. The second-order valence-electron chi connectivity index (χ2n) is 12.1. The Hall–Kier alpha value is -5.01. The van der Waals surface area contributed by atoms with Gasteiger partial charge in [-0.25, -0.2) is 0 Å². The van der Waals surface area contributed by atoms with Crippen molar-refractivity contribution >= 4 is 54.0 Å². The molecule has 10 rings (SSSR count). The van der Waals surface area contributed by atoms with Gasteiger partial charge in [0.15, 0.2) is 0 Å². The highest BCUT2D eigenvalue weighted by Crippen LogP contribution is 2.50. The maximum atomic E-state index is 5.07. The van der Waals surface area contributed by atoms with Crippen LogP contribution in [0.4, 0.5) is 0 Å². The molecular formula is C41H27N. The van der Waals surface area contributed by atoms with Crippen LogP contribution in [0.1, 0.15) is 22.3 Å². The van der Waals surface area contributed by atoms with E-state index in [4.69, 9.17) is 4.98 Å². The van der Waals surface area contributed by atoms with Crippen molar-refractivity contribution in [3.63, 3.8) is 0 Å². The molecule has 42 heavy (non-hydrogen) atoms. The molecule has 1 heterocycles. The second-order valence-corrected chi connectivity index (χ2v) is 12.1. The first-order valence-corrected chi connectivity index (χ1v) is 15.1. The van der Waals surface area contributed by atoms with E-state index in [9.17, 15) is 0 Å². The Kier molecular flexibility index (Phi) is 4.46. The normalized spacial score (nSPS) is 13.8. The third kappa shape index (κ3) is 2.90. The molecule has 0 bridgehead atoms. The Bertz CT molecular complexity index is 2440. The quantitative estimate of drug-likeness (QED) is 0.159. The lowest BCUT2D eigenvalue weighted by molar-refractivity contribution is 1.02. The Balaban J connectivity index is 1.45. The van der Waals surface area contributed by atoms with Crippen LogP contribution in [0.15, 0.2) is 115 Å². The summed E-state index contributed by atoms with van der Waals surface area (Å²) in [4.78, 5) is 5.07. The van der Waals surface area contributed by atoms with Crippen LogP contribution in [0.5, 0.6) is 0 Å². The summed E-state index contributed by atoms with van der Waals surface area (Å²) in [5.74, 6) is 0. The minimum absolute atomic E-state index is 1.04. The number of fused-ring (bicyclic) bond motifs is 4. The van der Waals surface area contributed by atoms with E-state index in [-0.39, 0.29) is 0 Å². The first-order chi connectivity index (χ1) is 20.8. The monoisotopic (exact) mass is 533 g/mol. The summed E-state index contributed by atoms with van der Waals surface area (Å²) in [7, 11) is 0. The summed E-state index contributed by atoms with van der Waals surface area (Å²) in [5.41, 5.74) is 12.2. The molecule has 1 nitrogen and oxygen atoms in total. The van der Waals surface area contributed by atoms with Crippen LogP contribution in [-0.4, -0.2) is 4.98 Å². The fraction of sp³-hybridized carbons (Fsp3) is 0.0976. The van der Waals surface area contributed by atoms with Crippen molar-refractivity contribution in [1.29, 1.82) is 0 Å². The minimum Gasteiger partial charge on any atom is -0.256 e. The summed E-state index contributed by atoms with van der Waals surface area (Å²) in [6, 6.07) is 41.1. The first kappa shape index (κ1) is 22.7. The summed E-state index contributed by atoms with van der Waals surface area (Å²) in [6.07, 6.45) is 6.68. The van der Waals surface area contributed by atoms with Crippen LogP contribution in [-0.2, 0) is 25.7 Å². The molecular weight excluding hydrogens is 506 g/mol. The fourth-order valence-corrected chi connectivity index (χ4v) is 8.30. The average molecular weight is 534 g/mol. The number of aryl methyl sites for hydroxylation is 4. The van der Waals surface area contributed by atoms with E-state index >= 15 is 0 Å². The highest BCUT2D eigenvalue weighted by molar-refractivity contribution is 6.30. The number of pyridine rings is 1. The molecule has 196 valence electrons. The molecule has 0 spiro atoms.